The van der Waals surface area contributed by atoms with Crippen molar-refractivity contribution in [2.24, 2.45) is 17.8 Å². The summed E-state index contributed by atoms with van der Waals surface area (Å²) < 4.78 is 48.5. The van der Waals surface area contributed by atoms with Crippen molar-refractivity contribution < 1.29 is 22.6 Å². The van der Waals surface area contributed by atoms with E-state index in [4.69, 9.17) is 9.47 Å². The Balaban J connectivity index is 1.52. The molecule has 2 rings (SSSR count). The third kappa shape index (κ3) is 9.65. The molecule has 1 heterocycles. The highest BCUT2D eigenvalue weighted by Crippen LogP contribution is 2.36. The number of halogens is 3. The topological polar surface area (TPSA) is 18.5 Å². The molecule has 0 unspecified atom stereocenters. The van der Waals surface area contributed by atoms with E-state index in [1.807, 2.05) is 0 Å². The molecule has 5 heteroatoms. The highest BCUT2D eigenvalue weighted by atomic mass is 19.4. The van der Waals surface area contributed by atoms with Crippen LogP contribution < -0.4 is 0 Å². The molecule has 1 aliphatic carbocycles. The van der Waals surface area contributed by atoms with E-state index in [1.54, 1.807) is 0 Å². The van der Waals surface area contributed by atoms with E-state index in [-0.39, 0.29) is 18.6 Å². The standard InChI is InChI=1S/C22H39F3O2/c1-2-3-4-5-6-7-9-18-11-13-20(14-12-18)21-26-16-19(17-27-21)10-8-15-22(23,24)25/h18-21H,2-17H2,1H3. The van der Waals surface area contributed by atoms with Crippen molar-refractivity contribution in [3.05, 3.63) is 0 Å². The lowest BCUT2D eigenvalue weighted by atomic mass is 9.79. The maximum Gasteiger partial charge on any atom is 0.389 e. The highest BCUT2D eigenvalue weighted by Gasteiger charge is 2.33. The highest BCUT2D eigenvalue weighted by molar-refractivity contribution is 4.77. The molecule has 2 aliphatic rings. The van der Waals surface area contributed by atoms with Crippen LogP contribution in [-0.4, -0.2) is 25.7 Å². The summed E-state index contributed by atoms with van der Waals surface area (Å²) in [4.78, 5) is 0. The van der Waals surface area contributed by atoms with Gasteiger partial charge >= 0.3 is 6.18 Å². The van der Waals surface area contributed by atoms with Crippen molar-refractivity contribution in [1.29, 1.82) is 0 Å². The summed E-state index contributed by atoms with van der Waals surface area (Å²) in [6.45, 7) is 3.37. The first-order valence-electron chi connectivity index (χ1n) is 11.3. The summed E-state index contributed by atoms with van der Waals surface area (Å²) in [5.41, 5.74) is 0. The molecule has 0 amide bonds. The minimum absolute atomic E-state index is 0.118. The molecule has 0 spiro atoms. The molecule has 1 saturated heterocycles. The summed E-state index contributed by atoms with van der Waals surface area (Å²) in [6.07, 6.45) is 10.3. The average molecular weight is 393 g/mol. The number of ether oxygens (including phenoxy) is 2. The Morgan fingerprint density at radius 2 is 1.33 bits per heavy atom. The van der Waals surface area contributed by atoms with Gasteiger partial charge in [-0.15, -0.1) is 0 Å². The molecule has 0 aromatic rings. The Morgan fingerprint density at radius 1 is 0.741 bits per heavy atom. The Labute approximate surface area is 163 Å². The lowest BCUT2D eigenvalue weighted by Gasteiger charge is -2.37. The molecule has 1 saturated carbocycles. The third-order valence-corrected chi connectivity index (χ3v) is 6.31. The first-order chi connectivity index (χ1) is 13.0. The van der Waals surface area contributed by atoms with Crippen molar-refractivity contribution in [1.82, 2.24) is 0 Å². The molecule has 0 aromatic carbocycles. The number of hydrogen-bond donors (Lipinski definition) is 0. The smallest absolute Gasteiger partial charge is 0.352 e. The van der Waals surface area contributed by atoms with Crippen molar-refractivity contribution in [2.75, 3.05) is 13.2 Å². The van der Waals surface area contributed by atoms with Crippen LogP contribution in [0.15, 0.2) is 0 Å². The van der Waals surface area contributed by atoms with Crippen molar-refractivity contribution in [2.45, 2.75) is 109 Å². The minimum Gasteiger partial charge on any atom is -0.352 e. The largest absolute Gasteiger partial charge is 0.389 e. The summed E-state index contributed by atoms with van der Waals surface area (Å²) in [7, 11) is 0. The lowest BCUT2D eigenvalue weighted by Crippen LogP contribution is -2.38. The van der Waals surface area contributed by atoms with Gasteiger partial charge in [-0.25, -0.2) is 0 Å². The van der Waals surface area contributed by atoms with E-state index in [1.165, 1.54) is 70.6 Å². The third-order valence-electron chi connectivity index (χ3n) is 6.31. The van der Waals surface area contributed by atoms with Gasteiger partial charge in [0.2, 0.25) is 0 Å². The molecule has 27 heavy (non-hydrogen) atoms. The van der Waals surface area contributed by atoms with E-state index in [2.05, 4.69) is 6.92 Å². The second-order valence-corrected chi connectivity index (χ2v) is 8.75. The molecular weight excluding hydrogens is 353 g/mol. The summed E-state index contributed by atoms with van der Waals surface area (Å²) in [5.74, 6) is 1.46. The molecule has 1 aliphatic heterocycles. The molecule has 2 fully saturated rings. The predicted molar refractivity (Wildman–Crippen MR) is 103 cm³/mol. The first-order valence-corrected chi connectivity index (χ1v) is 11.3. The van der Waals surface area contributed by atoms with Gasteiger partial charge in [-0.05, 0) is 44.4 Å². The van der Waals surface area contributed by atoms with Gasteiger partial charge in [-0.1, -0.05) is 51.9 Å². The van der Waals surface area contributed by atoms with Crippen LogP contribution >= 0.6 is 0 Å². The van der Waals surface area contributed by atoms with Gasteiger partial charge in [-0.3, -0.25) is 0 Å². The number of rotatable bonds is 11. The van der Waals surface area contributed by atoms with Crippen LogP contribution in [0.25, 0.3) is 0 Å². The van der Waals surface area contributed by atoms with Crippen molar-refractivity contribution >= 4 is 0 Å². The zero-order valence-corrected chi connectivity index (χ0v) is 17.1. The summed E-state index contributed by atoms with van der Waals surface area (Å²) >= 11 is 0. The lowest BCUT2D eigenvalue weighted by molar-refractivity contribution is -0.230. The van der Waals surface area contributed by atoms with E-state index >= 15 is 0 Å². The fraction of sp³-hybridized carbons (Fsp3) is 1.00. The van der Waals surface area contributed by atoms with Crippen LogP contribution in [0.5, 0.6) is 0 Å². The predicted octanol–water partition coefficient (Wildman–Crippen LogP) is 7.27. The van der Waals surface area contributed by atoms with Crippen LogP contribution in [0.4, 0.5) is 13.2 Å². The second-order valence-electron chi connectivity index (χ2n) is 8.75. The molecule has 0 bridgehead atoms. The summed E-state index contributed by atoms with van der Waals surface area (Å²) in [5, 5.41) is 0. The fourth-order valence-corrected chi connectivity index (χ4v) is 4.55. The SMILES string of the molecule is CCCCCCCCC1CCC(C2OCC(CCCC(F)(F)F)CO2)CC1. The molecule has 0 radical (unpaired) electrons. The van der Waals surface area contributed by atoms with Crippen molar-refractivity contribution in [3.63, 3.8) is 0 Å². The van der Waals surface area contributed by atoms with Gasteiger partial charge in [0, 0.05) is 18.3 Å². The zero-order chi connectivity index (χ0) is 19.5. The molecule has 0 atom stereocenters. The maximum atomic E-state index is 12.2. The molecule has 160 valence electrons. The van der Waals surface area contributed by atoms with Gasteiger partial charge in [0.15, 0.2) is 6.29 Å². The van der Waals surface area contributed by atoms with Crippen molar-refractivity contribution in [3.8, 4) is 0 Å². The molecule has 0 aromatic heterocycles. The molecule has 0 N–H and O–H groups in total. The van der Waals surface area contributed by atoms with E-state index < -0.39 is 12.6 Å². The molecular formula is C22H39F3O2. The minimum atomic E-state index is -4.05. The zero-order valence-electron chi connectivity index (χ0n) is 17.1. The second kappa shape index (κ2) is 12.3. The van der Waals surface area contributed by atoms with E-state index in [0.29, 0.717) is 25.6 Å². The van der Waals surface area contributed by atoms with Gasteiger partial charge in [-0.2, -0.15) is 13.2 Å². The number of unbranched alkanes of at least 4 members (excludes halogenated alkanes) is 5. The van der Waals surface area contributed by atoms with Crippen LogP contribution in [0.2, 0.25) is 0 Å². The average Bonchev–Trinajstić information content (AvgIpc) is 2.65. The van der Waals surface area contributed by atoms with Crippen LogP contribution in [0.3, 0.4) is 0 Å². The quantitative estimate of drug-likeness (QED) is 0.344. The first kappa shape index (κ1) is 23.0. The molecule has 2 nitrogen and oxygen atoms in total. The number of hydrogen-bond acceptors (Lipinski definition) is 2. The van der Waals surface area contributed by atoms with Crippen LogP contribution in [0, 0.1) is 17.8 Å². The van der Waals surface area contributed by atoms with Crippen LogP contribution in [0.1, 0.15) is 96.8 Å². The van der Waals surface area contributed by atoms with Crippen LogP contribution in [-0.2, 0) is 9.47 Å². The van der Waals surface area contributed by atoms with E-state index in [9.17, 15) is 13.2 Å². The summed E-state index contributed by atoms with van der Waals surface area (Å²) in [6, 6.07) is 0. The van der Waals surface area contributed by atoms with Gasteiger partial charge in [0.1, 0.15) is 0 Å². The van der Waals surface area contributed by atoms with Gasteiger partial charge < -0.3 is 9.47 Å². The Kier molecular flexibility index (Phi) is 10.5. The van der Waals surface area contributed by atoms with Gasteiger partial charge in [0.25, 0.3) is 0 Å². The Hall–Kier alpha value is -0.290. The van der Waals surface area contributed by atoms with E-state index in [0.717, 1.165) is 5.92 Å². The van der Waals surface area contributed by atoms with Gasteiger partial charge in [0.05, 0.1) is 13.2 Å². The maximum absolute atomic E-state index is 12.2. The fourth-order valence-electron chi connectivity index (χ4n) is 4.55. The Bertz CT molecular complexity index is 370. The Morgan fingerprint density at radius 3 is 1.96 bits per heavy atom. The number of alkyl halides is 3. The normalized spacial score (nSPS) is 29.8. The monoisotopic (exact) mass is 392 g/mol.